The van der Waals surface area contributed by atoms with Crippen molar-refractivity contribution in [3.63, 3.8) is 0 Å². The molecule has 12 heteroatoms. The van der Waals surface area contributed by atoms with Crippen LogP contribution in [0, 0.1) is 5.92 Å². The van der Waals surface area contributed by atoms with Crippen LogP contribution >= 0.6 is 0 Å². The van der Waals surface area contributed by atoms with Crippen LogP contribution in [-0.2, 0) is 20.9 Å². The lowest BCUT2D eigenvalue weighted by Gasteiger charge is -2.33. The molecule has 1 aromatic carbocycles. The maximum Gasteiger partial charge on any atom is 0.317 e. The minimum Gasteiger partial charge on any atom is -0.480 e. The number of amides is 2. The second-order valence-corrected chi connectivity index (χ2v) is 11.8. The number of benzene rings is 1. The van der Waals surface area contributed by atoms with Crippen LogP contribution in [0.15, 0.2) is 24.3 Å². The average Bonchev–Trinajstić information content (AvgIpc) is 2.99. The molecule has 1 aromatic rings. The van der Waals surface area contributed by atoms with Gasteiger partial charge in [-0.3, -0.25) is 33.9 Å². The lowest BCUT2D eigenvalue weighted by molar-refractivity contribution is -0.140. The van der Waals surface area contributed by atoms with Gasteiger partial charge in [0, 0.05) is 71.0 Å². The van der Waals surface area contributed by atoms with E-state index in [0.29, 0.717) is 71.0 Å². The molecule has 2 rings (SSSR count). The first-order valence-corrected chi connectivity index (χ1v) is 16.1. The molecular weight excluding hydrogens is 564 g/mol. The maximum atomic E-state index is 12.9. The van der Waals surface area contributed by atoms with Crippen LogP contribution in [0.3, 0.4) is 0 Å². The Morgan fingerprint density at radius 1 is 0.727 bits per heavy atom. The molecule has 2 amide bonds. The summed E-state index contributed by atoms with van der Waals surface area (Å²) in [6.45, 7) is 12.7. The van der Waals surface area contributed by atoms with Crippen molar-refractivity contribution in [3.05, 3.63) is 35.4 Å². The Kier molecular flexibility index (Phi) is 17.6. The number of nitrogens with one attached hydrogen (secondary N) is 2. The fourth-order valence-electron chi connectivity index (χ4n) is 5.11. The molecule has 1 aliphatic rings. The number of rotatable bonds is 16. The molecule has 0 bridgehead atoms. The first-order valence-electron chi connectivity index (χ1n) is 16.1. The Morgan fingerprint density at radius 3 is 1.70 bits per heavy atom. The van der Waals surface area contributed by atoms with Gasteiger partial charge < -0.3 is 25.7 Å². The largest absolute Gasteiger partial charge is 0.480 e. The topological polar surface area (TPSA) is 146 Å². The Morgan fingerprint density at radius 2 is 1.23 bits per heavy atom. The monoisotopic (exact) mass is 618 g/mol. The zero-order valence-corrected chi connectivity index (χ0v) is 26.9. The SMILES string of the molecule is CCC(C)CCCCNC(=O)c1ccc(CNC(=O)CN2CCN(CC)CCN(CC(=O)O)CCN(CC(=O)O)CC2)cc1. The van der Waals surface area contributed by atoms with Gasteiger partial charge in [0.15, 0.2) is 0 Å². The van der Waals surface area contributed by atoms with Gasteiger partial charge in [0.05, 0.1) is 19.6 Å². The Bertz CT molecular complexity index is 1020. The van der Waals surface area contributed by atoms with Crippen LogP contribution in [0.25, 0.3) is 0 Å². The van der Waals surface area contributed by atoms with Crippen molar-refractivity contribution < 1.29 is 29.4 Å². The molecule has 1 atom stereocenters. The van der Waals surface area contributed by atoms with Gasteiger partial charge >= 0.3 is 11.9 Å². The number of aliphatic carboxylic acids is 2. The lowest BCUT2D eigenvalue weighted by Crippen LogP contribution is -2.49. The van der Waals surface area contributed by atoms with Crippen molar-refractivity contribution in [1.29, 1.82) is 0 Å². The third-order valence-electron chi connectivity index (χ3n) is 8.27. The summed E-state index contributed by atoms with van der Waals surface area (Å²) in [4.78, 5) is 56.1. The second kappa shape index (κ2) is 20.8. The van der Waals surface area contributed by atoms with E-state index in [2.05, 4.69) is 36.3 Å². The van der Waals surface area contributed by atoms with E-state index in [-0.39, 0.29) is 31.4 Å². The van der Waals surface area contributed by atoms with Gasteiger partial charge in [0.25, 0.3) is 5.91 Å². The predicted molar refractivity (Wildman–Crippen MR) is 171 cm³/mol. The molecule has 1 aliphatic heterocycles. The molecule has 12 nitrogen and oxygen atoms in total. The van der Waals surface area contributed by atoms with E-state index in [0.717, 1.165) is 30.9 Å². The van der Waals surface area contributed by atoms with E-state index in [4.69, 9.17) is 0 Å². The predicted octanol–water partition coefficient (Wildman–Crippen LogP) is 1.66. The lowest BCUT2D eigenvalue weighted by atomic mass is 10.0. The highest BCUT2D eigenvalue weighted by molar-refractivity contribution is 5.94. The van der Waals surface area contributed by atoms with E-state index < -0.39 is 11.9 Å². The number of carboxylic acids is 2. The summed E-state index contributed by atoms with van der Waals surface area (Å²) >= 11 is 0. The molecule has 0 aromatic heterocycles. The molecule has 248 valence electrons. The summed E-state index contributed by atoms with van der Waals surface area (Å²) in [7, 11) is 0. The van der Waals surface area contributed by atoms with Gasteiger partial charge in [-0.25, -0.2) is 0 Å². The fourth-order valence-corrected chi connectivity index (χ4v) is 5.11. The van der Waals surface area contributed by atoms with Crippen LogP contribution in [0.1, 0.15) is 62.4 Å². The van der Waals surface area contributed by atoms with E-state index in [1.807, 2.05) is 21.9 Å². The number of hydrogen-bond acceptors (Lipinski definition) is 8. The second-order valence-electron chi connectivity index (χ2n) is 11.8. The quantitative estimate of drug-likeness (QED) is 0.202. The van der Waals surface area contributed by atoms with Gasteiger partial charge in [-0.05, 0) is 36.6 Å². The molecule has 1 heterocycles. The smallest absolute Gasteiger partial charge is 0.317 e. The van der Waals surface area contributed by atoms with Gasteiger partial charge in [0.1, 0.15) is 0 Å². The summed E-state index contributed by atoms with van der Waals surface area (Å²) in [6, 6.07) is 7.26. The fraction of sp³-hybridized carbons (Fsp3) is 0.688. The van der Waals surface area contributed by atoms with Crippen LogP contribution in [-0.4, -0.2) is 139 Å². The zero-order valence-electron chi connectivity index (χ0n) is 26.9. The van der Waals surface area contributed by atoms with E-state index in [1.165, 1.54) is 12.8 Å². The van der Waals surface area contributed by atoms with E-state index in [1.54, 1.807) is 17.0 Å². The molecule has 0 aliphatic carbocycles. The minimum absolute atomic E-state index is 0.0840. The van der Waals surface area contributed by atoms with Crippen molar-refractivity contribution >= 4 is 23.8 Å². The summed E-state index contributed by atoms with van der Waals surface area (Å²) in [6.07, 6.45) is 4.44. The normalized spacial score (nSPS) is 17.2. The zero-order chi connectivity index (χ0) is 32.3. The van der Waals surface area contributed by atoms with Crippen molar-refractivity contribution in [1.82, 2.24) is 30.2 Å². The molecule has 0 spiro atoms. The number of hydrogen-bond donors (Lipinski definition) is 4. The third-order valence-corrected chi connectivity index (χ3v) is 8.27. The molecule has 1 unspecified atom stereocenters. The summed E-state index contributed by atoms with van der Waals surface area (Å²) in [5, 5.41) is 24.6. The standard InChI is InChI=1S/C32H54N6O6/c1-4-26(3)8-6-7-13-33-32(44)28-11-9-27(10-12-28)22-34-29(39)23-36-16-14-35(5-2)15-17-37(24-30(40)41)20-21-38(19-18-36)25-31(42)43/h9-12,26H,4-8,13-25H2,1-3H3,(H,33,44)(H,34,39)(H,40,41)(H,42,43). The van der Waals surface area contributed by atoms with Gasteiger partial charge in [-0.2, -0.15) is 0 Å². The van der Waals surface area contributed by atoms with Gasteiger partial charge in [-0.1, -0.05) is 52.2 Å². The number of carbonyl (C=O) groups excluding carboxylic acids is 2. The van der Waals surface area contributed by atoms with Crippen molar-refractivity contribution in [3.8, 4) is 0 Å². The molecule has 4 N–H and O–H groups in total. The summed E-state index contributed by atoms with van der Waals surface area (Å²) in [5.74, 6) is -1.34. The first kappa shape index (κ1) is 37.1. The third kappa shape index (κ3) is 15.6. The molecular formula is C32H54N6O6. The highest BCUT2D eigenvalue weighted by Gasteiger charge is 2.20. The maximum absolute atomic E-state index is 12.9. The molecule has 1 fully saturated rings. The highest BCUT2D eigenvalue weighted by Crippen LogP contribution is 2.11. The average molecular weight is 619 g/mol. The summed E-state index contributed by atoms with van der Waals surface area (Å²) < 4.78 is 0. The van der Waals surface area contributed by atoms with Crippen LogP contribution < -0.4 is 10.6 Å². The van der Waals surface area contributed by atoms with E-state index >= 15 is 0 Å². The van der Waals surface area contributed by atoms with Crippen LogP contribution in [0.2, 0.25) is 0 Å². The Balaban J connectivity index is 1.88. The number of likely N-dealkylation sites (N-methyl/N-ethyl adjacent to an activating group) is 1. The van der Waals surface area contributed by atoms with Crippen molar-refractivity contribution in [2.75, 3.05) is 85.1 Å². The first-order chi connectivity index (χ1) is 21.1. The van der Waals surface area contributed by atoms with Gasteiger partial charge in [-0.15, -0.1) is 0 Å². The van der Waals surface area contributed by atoms with E-state index in [9.17, 15) is 29.4 Å². The molecule has 0 saturated carbocycles. The van der Waals surface area contributed by atoms with Crippen LogP contribution in [0.4, 0.5) is 0 Å². The van der Waals surface area contributed by atoms with Crippen molar-refractivity contribution in [2.45, 2.75) is 53.0 Å². The number of carbonyl (C=O) groups is 4. The van der Waals surface area contributed by atoms with Gasteiger partial charge in [0.2, 0.25) is 5.91 Å². The molecule has 1 saturated heterocycles. The highest BCUT2D eigenvalue weighted by atomic mass is 16.4. The Hall–Kier alpha value is -3.06. The Labute approximate surface area is 262 Å². The number of unbranched alkanes of at least 4 members (excludes halogenated alkanes) is 1. The minimum atomic E-state index is -0.941. The molecule has 0 radical (unpaired) electrons. The van der Waals surface area contributed by atoms with Crippen molar-refractivity contribution in [2.24, 2.45) is 5.92 Å². The molecule has 44 heavy (non-hydrogen) atoms. The van der Waals surface area contributed by atoms with Crippen LogP contribution in [0.5, 0.6) is 0 Å². The number of carboxylic acid groups (broad SMARTS) is 2. The summed E-state index contributed by atoms with van der Waals surface area (Å²) in [5.41, 5.74) is 1.49. The number of nitrogens with zero attached hydrogens (tertiary/aromatic N) is 4.